The van der Waals surface area contributed by atoms with Crippen molar-refractivity contribution in [3.63, 3.8) is 0 Å². The monoisotopic (exact) mass is 286 g/mol. The highest BCUT2D eigenvalue weighted by atomic mass is 19.1. The van der Waals surface area contributed by atoms with Gasteiger partial charge in [0.15, 0.2) is 5.78 Å². The maximum Gasteiger partial charge on any atom is 0.269 e. The van der Waals surface area contributed by atoms with Crippen LogP contribution in [0.3, 0.4) is 0 Å². The van der Waals surface area contributed by atoms with Crippen LogP contribution in [0, 0.1) is 22.0 Å². The molecular formula is C16H13FNO3. The first-order chi connectivity index (χ1) is 10.1. The second kappa shape index (κ2) is 6.74. The SMILES string of the molecule is O=C(CCCc1[c]ccc([N+](=O)[O-])c1)c1ccc(F)cc1. The normalized spacial score (nSPS) is 10.3. The van der Waals surface area contributed by atoms with Gasteiger partial charge in [-0.2, -0.15) is 0 Å². The molecule has 0 heterocycles. The Hall–Kier alpha value is -2.56. The van der Waals surface area contributed by atoms with Crippen molar-refractivity contribution < 1.29 is 14.1 Å². The number of hydrogen-bond donors (Lipinski definition) is 0. The molecule has 107 valence electrons. The lowest BCUT2D eigenvalue weighted by atomic mass is 10.0. The minimum absolute atomic E-state index is 0.0219. The number of hydrogen-bond acceptors (Lipinski definition) is 3. The van der Waals surface area contributed by atoms with Gasteiger partial charge in [0, 0.05) is 24.1 Å². The Morgan fingerprint density at radius 1 is 1.24 bits per heavy atom. The Morgan fingerprint density at radius 2 is 1.95 bits per heavy atom. The number of benzene rings is 2. The average Bonchev–Trinajstić information content (AvgIpc) is 2.48. The highest BCUT2D eigenvalue weighted by Crippen LogP contribution is 2.15. The smallest absolute Gasteiger partial charge is 0.269 e. The summed E-state index contributed by atoms with van der Waals surface area (Å²) in [6, 6.07) is 12.7. The molecule has 0 fully saturated rings. The summed E-state index contributed by atoms with van der Waals surface area (Å²) in [4.78, 5) is 22.1. The van der Waals surface area contributed by atoms with Gasteiger partial charge in [-0.3, -0.25) is 14.9 Å². The lowest BCUT2D eigenvalue weighted by Gasteiger charge is -2.02. The molecule has 21 heavy (non-hydrogen) atoms. The van der Waals surface area contributed by atoms with Crippen LogP contribution in [0.5, 0.6) is 0 Å². The molecule has 0 aromatic heterocycles. The fraction of sp³-hybridized carbons (Fsp3) is 0.188. The molecule has 4 nitrogen and oxygen atoms in total. The van der Waals surface area contributed by atoms with Crippen LogP contribution >= 0.6 is 0 Å². The van der Waals surface area contributed by atoms with Gasteiger partial charge in [0.25, 0.3) is 5.69 Å². The molecule has 0 bridgehead atoms. The quantitative estimate of drug-likeness (QED) is 0.461. The van der Waals surface area contributed by atoms with Crippen molar-refractivity contribution in [2.24, 2.45) is 0 Å². The van der Waals surface area contributed by atoms with Crippen molar-refractivity contribution in [3.8, 4) is 0 Å². The van der Waals surface area contributed by atoms with Gasteiger partial charge in [-0.25, -0.2) is 4.39 Å². The lowest BCUT2D eigenvalue weighted by Crippen LogP contribution is -2.00. The molecule has 2 aromatic rings. The molecule has 0 saturated heterocycles. The Morgan fingerprint density at radius 3 is 2.62 bits per heavy atom. The molecular weight excluding hydrogens is 273 g/mol. The van der Waals surface area contributed by atoms with Crippen LogP contribution in [-0.2, 0) is 6.42 Å². The van der Waals surface area contributed by atoms with E-state index in [1.807, 2.05) is 0 Å². The third-order valence-corrected chi connectivity index (χ3v) is 3.07. The molecule has 0 N–H and O–H groups in total. The van der Waals surface area contributed by atoms with Crippen molar-refractivity contribution in [1.29, 1.82) is 0 Å². The van der Waals surface area contributed by atoms with Crippen LogP contribution in [0.2, 0.25) is 0 Å². The summed E-state index contributed by atoms with van der Waals surface area (Å²) in [5, 5.41) is 10.7. The van der Waals surface area contributed by atoms with Crippen LogP contribution in [0.1, 0.15) is 28.8 Å². The second-order valence-electron chi connectivity index (χ2n) is 4.61. The van der Waals surface area contributed by atoms with Crippen molar-refractivity contribution in [2.75, 3.05) is 0 Å². The van der Waals surface area contributed by atoms with Gasteiger partial charge in [0.1, 0.15) is 5.82 Å². The number of carbonyl (C=O) groups excluding carboxylic acids is 1. The molecule has 2 rings (SSSR count). The lowest BCUT2D eigenvalue weighted by molar-refractivity contribution is -0.384. The number of ketones is 1. The summed E-state index contributed by atoms with van der Waals surface area (Å²) in [6.45, 7) is 0. The Balaban J connectivity index is 1.89. The van der Waals surface area contributed by atoms with Gasteiger partial charge in [-0.1, -0.05) is 0 Å². The molecule has 0 unspecified atom stereocenters. The number of nitrogens with zero attached hydrogens (tertiary/aromatic N) is 1. The van der Waals surface area contributed by atoms with E-state index in [4.69, 9.17) is 0 Å². The average molecular weight is 286 g/mol. The highest BCUT2D eigenvalue weighted by Gasteiger charge is 2.08. The zero-order chi connectivity index (χ0) is 15.2. The molecule has 1 radical (unpaired) electrons. The van der Waals surface area contributed by atoms with E-state index < -0.39 is 4.92 Å². The topological polar surface area (TPSA) is 60.2 Å². The Kier molecular flexibility index (Phi) is 4.77. The third-order valence-electron chi connectivity index (χ3n) is 3.07. The summed E-state index contributed by atoms with van der Waals surface area (Å²) in [6.07, 6.45) is 1.41. The maximum absolute atomic E-state index is 12.8. The largest absolute Gasteiger partial charge is 0.294 e. The van der Waals surface area contributed by atoms with Crippen molar-refractivity contribution >= 4 is 11.5 Å². The predicted molar refractivity (Wildman–Crippen MR) is 75.6 cm³/mol. The Bertz CT molecular complexity index is 653. The minimum Gasteiger partial charge on any atom is -0.294 e. The standard InChI is InChI=1S/C16H13FNO3/c17-14-9-7-13(8-10-14)16(19)6-2-4-12-3-1-5-15(11-12)18(20)21/h1,5,7-11H,2,4,6H2. The molecule has 2 aromatic carbocycles. The molecule has 0 aliphatic rings. The van der Waals surface area contributed by atoms with Gasteiger partial charge >= 0.3 is 0 Å². The van der Waals surface area contributed by atoms with Crippen LogP contribution < -0.4 is 0 Å². The van der Waals surface area contributed by atoms with E-state index in [9.17, 15) is 19.3 Å². The van der Waals surface area contributed by atoms with E-state index in [1.54, 1.807) is 0 Å². The van der Waals surface area contributed by atoms with E-state index in [2.05, 4.69) is 6.07 Å². The first-order valence-electron chi connectivity index (χ1n) is 6.50. The summed E-state index contributed by atoms with van der Waals surface area (Å²) in [7, 11) is 0. The number of non-ortho nitro benzene ring substituents is 1. The molecule has 0 atom stereocenters. The van der Waals surface area contributed by atoms with Crippen LogP contribution in [0.15, 0.2) is 42.5 Å². The highest BCUT2D eigenvalue weighted by molar-refractivity contribution is 5.95. The van der Waals surface area contributed by atoms with Crippen LogP contribution in [0.25, 0.3) is 0 Å². The van der Waals surface area contributed by atoms with Gasteiger partial charge in [-0.15, -0.1) is 0 Å². The fourth-order valence-electron chi connectivity index (χ4n) is 1.98. The van der Waals surface area contributed by atoms with Crippen molar-refractivity contribution in [3.05, 3.63) is 75.6 Å². The van der Waals surface area contributed by atoms with Crippen molar-refractivity contribution in [1.82, 2.24) is 0 Å². The zero-order valence-electron chi connectivity index (χ0n) is 11.2. The number of rotatable bonds is 6. The maximum atomic E-state index is 12.8. The number of Topliss-reactive ketones (excluding diaryl/α,β-unsaturated/α-hetero) is 1. The third kappa shape index (κ3) is 4.21. The fourth-order valence-corrected chi connectivity index (χ4v) is 1.98. The number of nitro groups is 1. The predicted octanol–water partition coefficient (Wildman–Crippen LogP) is 3.74. The first-order valence-corrected chi connectivity index (χ1v) is 6.50. The summed E-state index contributed by atoms with van der Waals surface area (Å²) < 4.78 is 12.8. The van der Waals surface area contributed by atoms with E-state index in [0.29, 0.717) is 30.4 Å². The van der Waals surface area contributed by atoms with Gasteiger partial charge < -0.3 is 0 Å². The molecule has 5 heteroatoms. The van der Waals surface area contributed by atoms with Gasteiger partial charge in [0.05, 0.1) is 4.92 Å². The minimum atomic E-state index is -0.457. The second-order valence-corrected chi connectivity index (χ2v) is 4.61. The number of aryl methyl sites for hydroxylation is 1. The van der Waals surface area contributed by atoms with E-state index >= 15 is 0 Å². The van der Waals surface area contributed by atoms with Gasteiger partial charge in [0.2, 0.25) is 0 Å². The number of halogens is 1. The van der Waals surface area contributed by atoms with E-state index in [1.165, 1.54) is 42.5 Å². The van der Waals surface area contributed by atoms with Crippen LogP contribution in [0.4, 0.5) is 10.1 Å². The molecule has 0 aliphatic carbocycles. The summed E-state index contributed by atoms with van der Waals surface area (Å²) in [5.74, 6) is -0.446. The number of carbonyl (C=O) groups is 1. The molecule has 0 spiro atoms. The summed E-state index contributed by atoms with van der Waals surface area (Å²) >= 11 is 0. The molecule has 0 saturated carbocycles. The summed E-state index contributed by atoms with van der Waals surface area (Å²) in [5.41, 5.74) is 1.20. The molecule has 0 aliphatic heterocycles. The number of nitro benzene ring substituents is 1. The molecule has 0 amide bonds. The van der Waals surface area contributed by atoms with Crippen molar-refractivity contribution in [2.45, 2.75) is 19.3 Å². The zero-order valence-corrected chi connectivity index (χ0v) is 11.2. The van der Waals surface area contributed by atoms with Gasteiger partial charge in [-0.05, 0) is 54.8 Å². The Labute approximate surface area is 121 Å². The van der Waals surface area contributed by atoms with E-state index in [-0.39, 0.29) is 17.3 Å². The first kappa shape index (κ1) is 14.8. The van der Waals surface area contributed by atoms with Crippen LogP contribution in [-0.4, -0.2) is 10.7 Å². The van der Waals surface area contributed by atoms with E-state index in [0.717, 1.165) is 0 Å².